The van der Waals surface area contributed by atoms with Crippen molar-refractivity contribution < 1.29 is 4.79 Å². The first kappa shape index (κ1) is 12.4. The smallest absolute Gasteiger partial charge is 0.251 e. The van der Waals surface area contributed by atoms with Gasteiger partial charge in [-0.25, -0.2) is 0 Å². The number of carbonyl (C=O) groups excluding carboxylic acids is 1. The third-order valence-electron chi connectivity index (χ3n) is 3.11. The van der Waals surface area contributed by atoms with E-state index in [2.05, 4.69) is 10.6 Å². The van der Waals surface area contributed by atoms with Crippen molar-refractivity contribution in [1.82, 2.24) is 10.6 Å². The molecule has 2 rings (SSSR count). The van der Waals surface area contributed by atoms with E-state index in [0.717, 1.165) is 31.5 Å². The molecule has 17 heavy (non-hydrogen) atoms. The van der Waals surface area contributed by atoms with Crippen LogP contribution in [0, 0.1) is 6.92 Å². The Hall–Kier alpha value is -1.06. The third-order valence-corrected chi connectivity index (χ3v) is 3.34. The van der Waals surface area contributed by atoms with Gasteiger partial charge in [0.2, 0.25) is 0 Å². The summed E-state index contributed by atoms with van der Waals surface area (Å²) < 4.78 is 0. The van der Waals surface area contributed by atoms with E-state index in [1.807, 2.05) is 13.0 Å². The van der Waals surface area contributed by atoms with Gasteiger partial charge in [-0.2, -0.15) is 0 Å². The molecule has 0 spiro atoms. The number of carbonyl (C=O) groups is 1. The largest absolute Gasteiger partial charge is 0.349 e. The monoisotopic (exact) mass is 252 g/mol. The van der Waals surface area contributed by atoms with Gasteiger partial charge in [-0.15, -0.1) is 0 Å². The summed E-state index contributed by atoms with van der Waals surface area (Å²) in [5.41, 5.74) is 1.64. The predicted octanol–water partition coefficient (Wildman–Crippen LogP) is 2.13. The zero-order valence-electron chi connectivity index (χ0n) is 9.92. The van der Waals surface area contributed by atoms with Crippen molar-refractivity contribution in [2.75, 3.05) is 13.1 Å². The first-order valence-corrected chi connectivity index (χ1v) is 6.32. The quantitative estimate of drug-likeness (QED) is 0.847. The number of hydrogen-bond acceptors (Lipinski definition) is 2. The van der Waals surface area contributed by atoms with Gasteiger partial charge in [0.15, 0.2) is 0 Å². The van der Waals surface area contributed by atoms with Crippen LogP contribution in [0.15, 0.2) is 18.2 Å². The molecule has 92 valence electrons. The van der Waals surface area contributed by atoms with Crippen LogP contribution in [-0.2, 0) is 0 Å². The molecule has 3 nitrogen and oxygen atoms in total. The number of benzene rings is 1. The Kier molecular flexibility index (Phi) is 4.02. The summed E-state index contributed by atoms with van der Waals surface area (Å²) in [5.74, 6) is 0.00562. The highest BCUT2D eigenvalue weighted by molar-refractivity contribution is 6.30. The van der Waals surface area contributed by atoms with E-state index in [-0.39, 0.29) is 5.91 Å². The number of hydrogen-bond donors (Lipinski definition) is 2. The van der Waals surface area contributed by atoms with Crippen molar-refractivity contribution in [3.63, 3.8) is 0 Å². The predicted molar refractivity (Wildman–Crippen MR) is 69.5 cm³/mol. The Morgan fingerprint density at radius 3 is 2.76 bits per heavy atom. The summed E-state index contributed by atoms with van der Waals surface area (Å²) in [7, 11) is 0. The highest BCUT2D eigenvalue weighted by Gasteiger charge is 2.17. The Labute approximate surface area is 107 Å². The molecule has 1 amide bonds. The Balaban J connectivity index is 2.03. The highest BCUT2D eigenvalue weighted by Crippen LogP contribution is 2.15. The van der Waals surface area contributed by atoms with Crippen LogP contribution in [-0.4, -0.2) is 25.0 Å². The Morgan fingerprint density at radius 1 is 1.41 bits per heavy atom. The highest BCUT2D eigenvalue weighted by atomic mass is 35.5. The molecule has 1 heterocycles. The molecule has 1 aliphatic rings. The molecule has 0 aromatic heterocycles. The number of piperidine rings is 1. The number of nitrogens with one attached hydrogen (secondary N) is 2. The zero-order chi connectivity index (χ0) is 12.3. The molecule has 1 saturated heterocycles. The molecule has 2 N–H and O–H groups in total. The van der Waals surface area contributed by atoms with Gasteiger partial charge in [-0.05, 0) is 56.6 Å². The fourth-order valence-corrected chi connectivity index (χ4v) is 2.34. The third kappa shape index (κ3) is 3.20. The summed E-state index contributed by atoms with van der Waals surface area (Å²) in [6.45, 7) is 3.86. The van der Waals surface area contributed by atoms with E-state index in [1.165, 1.54) is 0 Å². The number of rotatable bonds is 2. The average molecular weight is 253 g/mol. The molecule has 1 aromatic carbocycles. The normalized spacial score (nSPS) is 16.8. The Morgan fingerprint density at radius 2 is 2.12 bits per heavy atom. The van der Waals surface area contributed by atoms with Crippen LogP contribution in [0.4, 0.5) is 0 Å². The molecule has 4 heteroatoms. The summed E-state index contributed by atoms with van der Waals surface area (Å²) in [6, 6.07) is 5.65. The lowest BCUT2D eigenvalue weighted by molar-refractivity contribution is 0.0929. The van der Waals surface area contributed by atoms with Gasteiger partial charge in [0.25, 0.3) is 5.91 Å². The van der Waals surface area contributed by atoms with Crippen LogP contribution in [0.3, 0.4) is 0 Å². The molecule has 0 atom stereocenters. The minimum atomic E-state index is 0.00562. The van der Waals surface area contributed by atoms with Crippen LogP contribution < -0.4 is 10.6 Å². The van der Waals surface area contributed by atoms with E-state index in [1.54, 1.807) is 12.1 Å². The maximum atomic E-state index is 12.1. The lowest BCUT2D eigenvalue weighted by Gasteiger charge is -2.24. The summed E-state index contributed by atoms with van der Waals surface area (Å²) in [6.07, 6.45) is 2.00. The fraction of sp³-hybridized carbons (Fsp3) is 0.462. The fourth-order valence-electron chi connectivity index (χ4n) is 2.11. The molecular formula is C13H17ClN2O. The molecule has 0 unspecified atom stereocenters. The zero-order valence-corrected chi connectivity index (χ0v) is 10.7. The van der Waals surface area contributed by atoms with Gasteiger partial charge in [0.1, 0.15) is 0 Å². The summed E-state index contributed by atoms with van der Waals surface area (Å²) in [4.78, 5) is 12.1. The molecule has 0 saturated carbocycles. The second-order valence-corrected chi connectivity index (χ2v) is 4.89. The first-order valence-electron chi connectivity index (χ1n) is 5.94. The number of amides is 1. The minimum absolute atomic E-state index is 0.00562. The van der Waals surface area contributed by atoms with Crippen molar-refractivity contribution in [2.45, 2.75) is 25.8 Å². The molecule has 1 aromatic rings. The van der Waals surface area contributed by atoms with E-state index in [9.17, 15) is 4.79 Å². The van der Waals surface area contributed by atoms with Crippen LogP contribution in [0.1, 0.15) is 28.8 Å². The van der Waals surface area contributed by atoms with Crippen LogP contribution >= 0.6 is 11.6 Å². The topological polar surface area (TPSA) is 41.1 Å². The summed E-state index contributed by atoms with van der Waals surface area (Å²) in [5, 5.41) is 7.02. The molecular weight excluding hydrogens is 236 g/mol. The van der Waals surface area contributed by atoms with Crippen LogP contribution in [0.25, 0.3) is 0 Å². The van der Waals surface area contributed by atoms with Gasteiger partial charge >= 0.3 is 0 Å². The van der Waals surface area contributed by atoms with Crippen LogP contribution in [0.5, 0.6) is 0 Å². The Bertz CT molecular complexity index is 414. The van der Waals surface area contributed by atoms with Crippen molar-refractivity contribution in [3.8, 4) is 0 Å². The second-order valence-electron chi connectivity index (χ2n) is 4.46. The molecule has 1 fully saturated rings. The number of halogens is 1. The van der Waals surface area contributed by atoms with Crippen molar-refractivity contribution in [2.24, 2.45) is 0 Å². The maximum Gasteiger partial charge on any atom is 0.251 e. The SMILES string of the molecule is Cc1cc(Cl)ccc1C(=O)NC1CCNCC1. The standard InChI is InChI=1S/C13H17ClN2O/c1-9-8-10(14)2-3-12(9)13(17)16-11-4-6-15-7-5-11/h2-3,8,11,15H,4-7H2,1H3,(H,16,17). The molecule has 0 bridgehead atoms. The molecule has 0 aliphatic carbocycles. The van der Waals surface area contributed by atoms with Gasteiger partial charge in [-0.3, -0.25) is 4.79 Å². The van der Waals surface area contributed by atoms with Crippen molar-refractivity contribution >= 4 is 17.5 Å². The van der Waals surface area contributed by atoms with Gasteiger partial charge in [0, 0.05) is 16.6 Å². The van der Waals surface area contributed by atoms with Gasteiger partial charge in [-0.1, -0.05) is 11.6 Å². The summed E-state index contributed by atoms with van der Waals surface area (Å²) >= 11 is 5.87. The van der Waals surface area contributed by atoms with E-state index in [0.29, 0.717) is 16.6 Å². The lowest BCUT2D eigenvalue weighted by atomic mass is 10.0. The minimum Gasteiger partial charge on any atom is -0.349 e. The van der Waals surface area contributed by atoms with Crippen molar-refractivity contribution in [3.05, 3.63) is 34.3 Å². The first-order chi connectivity index (χ1) is 8.16. The molecule has 1 aliphatic heterocycles. The second kappa shape index (κ2) is 5.52. The van der Waals surface area contributed by atoms with Gasteiger partial charge in [0.05, 0.1) is 0 Å². The van der Waals surface area contributed by atoms with E-state index in [4.69, 9.17) is 11.6 Å². The van der Waals surface area contributed by atoms with Gasteiger partial charge < -0.3 is 10.6 Å². The molecule has 0 radical (unpaired) electrons. The lowest BCUT2D eigenvalue weighted by Crippen LogP contribution is -2.42. The maximum absolute atomic E-state index is 12.1. The number of aryl methyl sites for hydroxylation is 1. The van der Waals surface area contributed by atoms with Crippen LogP contribution in [0.2, 0.25) is 5.02 Å². The van der Waals surface area contributed by atoms with Crippen molar-refractivity contribution in [1.29, 1.82) is 0 Å². The average Bonchev–Trinajstić information content (AvgIpc) is 2.30. The van der Waals surface area contributed by atoms with E-state index >= 15 is 0 Å². The van der Waals surface area contributed by atoms with E-state index < -0.39 is 0 Å².